The average molecular weight is 905 g/mol. The summed E-state index contributed by atoms with van der Waals surface area (Å²) in [6.45, 7) is 10.5. The van der Waals surface area contributed by atoms with Crippen molar-refractivity contribution in [2.24, 2.45) is 5.41 Å². The van der Waals surface area contributed by atoms with Gasteiger partial charge in [0.15, 0.2) is 6.29 Å². The molecule has 1 saturated heterocycles. The molecule has 1 aliphatic rings. The fourth-order valence-corrected chi connectivity index (χ4v) is 6.20. The standard InChI is InChI=1S/C53H64N2O11/c1-7-8-9-10-11-12-13-14-15-16-17-18-19-20-21-22-33-44(56)61-38-53(5,6)47(65-51-46(64-51)39-28-27-35-54-37-39)48(58)55-36-34-45(57)62-42-31-25-23-29-40(42)49(59)63-43-32-26-24-30-41(43)50(60)66-52(2,3)4/h8-9,11-12,14-15,17-20,23-32,35,37,46-47,51H,7,10,13,16,21-22,33-34,36,38H2,1-6H3,(H,55,58). The van der Waals surface area contributed by atoms with Crippen LogP contribution in [0, 0.1) is 5.41 Å². The molecular weight excluding hydrogens is 841 g/mol. The number of amides is 1. The van der Waals surface area contributed by atoms with E-state index in [0.29, 0.717) is 12.8 Å². The zero-order valence-electron chi connectivity index (χ0n) is 38.9. The first-order valence-corrected chi connectivity index (χ1v) is 22.4. The molecule has 1 aromatic heterocycles. The third kappa shape index (κ3) is 19.0. The normalized spacial score (nSPS) is 15.7. The molecule has 352 valence electrons. The summed E-state index contributed by atoms with van der Waals surface area (Å²) in [7, 11) is 0. The molecule has 13 heteroatoms. The highest BCUT2D eigenvalue weighted by Crippen LogP contribution is 2.42. The highest BCUT2D eigenvalue weighted by atomic mass is 16.8. The van der Waals surface area contributed by atoms with E-state index in [1.165, 1.54) is 24.3 Å². The van der Waals surface area contributed by atoms with Crippen molar-refractivity contribution in [1.82, 2.24) is 10.3 Å². The second-order valence-corrected chi connectivity index (χ2v) is 17.1. The van der Waals surface area contributed by atoms with Gasteiger partial charge in [-0.25, -0.2) is 9.59 Å². The van der Waals surface area contributed by atoms with Gasteiger partial charge in [-0.15, -0.1) is 0 Å². The van der Waals surface area contributed by atoms with Gasteiger partial charge in [0.25, 0.3) is 0 Å². The van der Waals surface area contributed by atoms with Crippen LogP contribution in [0.3, 0.4) is 0 Å². The SMILES string of the molecule is CCC=CCC=CCC=CCC=CC=CCCCC(=O)OCC(C)(C)C(OC1OC1c1cccnc1)C(=O)NCCC(=O)Oc1ccccc1C(=O)Oc1ccccc1C(=O)OC(C)(C)C. The van der Waals surface area contributed by atoms with E-state index in [0.717, 1.165) is 31.2 Å². The number of aromatic nitrogens is 1. The molecule has 4 rings (SSSR count). The maximum Gasteiger partial charge on any atom is 0.347 e. The number of para-hydroxylation sites is 2. The highest BCUT2D eigenvalue weighted by molar-refractivity contribution is 5.98. The molecule has 66 heavy (non-hydrogen) atoms. The molecule has 1 fully saturated rings. The van der Waals surface area contributed by atoms with E-state index in [2.05, 4.69) is 59.8 Å². The largest absolute Gasteiger partial charge is 0.465 e. The second kappa shape index (κ2) is 27.1. The Labute approximate surface area is 388 Å². The molecule has 2 aromatic carbocycles. The average Bonchev–Trinajstić information content (AvgIpc) is 4.07. The summed E-state index contributed by atoms with van der Waals surface area (Å²) >= 11 is 0. The van der Waals surface area contributed by atoms with Gasteiger partial charge in [0.2, 0.25) is 5.91 Å². The highest BCUT2D eigenvalue weighted by Gasteiger charge is 2.48. The number of nitrogens with zero attached hydrogens (tertiary/aromatic N) is 1. The van der Waals surface area contributed by atoms with Crippen molar-refractivity contribution in [3.8, 4) is 11.5 Å². The number of benzene rings is 2. The van der Waals surface area contributed by atoms with Gasteiger partial charge in [-0.05, 0) is 89.6 Å². The quantitative estimate of drug-likeness (QED) is 0.0202. The van der Waals surface area contributed by atoms with Crippen LogP contribution in [0.1, 0.15) is 125 Å². The number of hydrogen-bond donors (Lipinski definition) is 1. The summed E-state index contributed by atoms with van der Waals surface area (Å²) in [6.07, 6.45) is 26.9. The van der Waals surface area contributed by atoms with Crippen molar-refractivity contribution in [3.63, 3.8) is 0 Å². The van der Waals surface area contributed by atoms with Gasteiger partial charge < -0.3 is 33.7 Å². The van der Waals surface area contributed by atoms with Crippen LogP contribution < -0.4 is 14.8 Å². The lowest BCUT2D eigenvalue weighted by Gasteiger charge is -2.32. The smallest absolute Gasteiger partial charge is 0.347 e. The lowest BCUT2D eigenvalue weighted by molar-refractivity contribution is -0.161. The lowest BCUT2D eigenvalue weighted by atomic mass is 9.86. The van der Waals surface area contributed by atoms with Crippen molar-refractivity contribution in [3.05, 3.63) is 151 Å². The summed E-state index contributed by atoms with van der Waals surface area (Å²) in [5, 5.41) is 2.74. The minimum atomic E-state index is -1.15. The van der Waals surface area contributed by atoms with Crippen LogP contribution in [-0.2, 0) is 33.3 Å². The number of rotatable bonds is 26. The predicted octanol–water partition coefficient (Wildman–Crippen LogP) is 10.3. The Morgan fingerprint density at radius 3 is 2.00 bits per heavy atom. The van der Waals surface area contributed by atoms with Gasteiger partial charge in [0.05, 0.1) is 13.0 Å². The first kappa shape index (κ1) is 52.2. The molecule has 3 atom stereocenters. The van der Waals surface area contributed by atoms with Gasteiger partial charge in [-0.3, -0.25) is 19.4 Å². The summed E-state index contributed by atoms with van der Waals surface area (Å²) in [6, 6.07) is 15.8. The number of allylic oxidation sites excluding steroid dienone is 10. The van der Waals surface area contributed by atoms with E-state index in [1.807, 2.05) is 24.3 Å². The first-order valence-electron chi connectivity index (χ1n) is 22.4. The zero-order valence-corrected chi connectivity index (χ0v) is 38.9. The maximum absolute atomic E-state index is 13.8. The van der Waals surface area contributed by atoms with Crippen molar-refractivity contribution >= 4 is 29.8 Å². The van der Waals surface area contributed by atoms with Crippen LogP contribution >= 0.6 is 0 Å². The molecule has 3 unspecified atom stereocenters. The van der Waals surface area contributed by atoms with Crippen LogP contribution in [0.5, 0.6) is 11.5 Å². The third-order valence-corrected chi connectivity index (χ3v) is 9.64. The minimum Gasteiger partial charge on any atom is -0.465 e. The number of esters is 4. The van der Waals surface area contributed by atoms with Crippen molar-refractivity contribution in [1.29, 1.82) is 0 Å². The Balaban J connectivity index is 1.27. The zero-order chi connectivity index (χ0) is 47.8. The number of unbranched alkanes of at least 4 members (excludes halogenated alkanes) is 1. The molecular formula is C53H64N2O11. The molecule has 1 N–H and O–H groups in total. The molecule has 0 spiro atoms. The number of nitrogens with one attached hydrogen (secondary N) is 1. The molecule has 0 bridgehead atoms. The van der Waals surface area contributed by atoms with E-state index in [-0.39, 0.29) is 48.6 Å². The molecule has 13 nitrogen and oxygen atoms in total. The van der Waals surface area contributed by atoms with Crippen molar-refractivity contribution in [2.75, 3.05) is 13.2 Å². The molecule has 0 radical (unpaired) electrons. The van der Waals surface area contributed by atoms with Crippen molar-refractivity contribution in [2.45, 2.75) is 117 Å². The fourth-order valence-electron chi connectivity index (χ4n) is 6.20. The van der Waals surface area contributed by atoms with Crippen LogP contribution in [0.4, 0.5) is 0 Å². The number of ether oxygens (including phenoxy) is 6. The van der Waals surface area contributed by atoms with E-state index in [4.69, 9.17) is 28.4 Å². The van der Waals surface area contributed by atoms with E-state index >= 15 is 0 Å². The fraction of sp³-hybridized carbons (Fsp3) is 0.396. The lowest BCUT2D eigenvalue weighted by Crippen LogP contribution is -2.49. The Hall–Kier alpha value is -6.44. The number of carbonyl (C=O) groups excluding carboxylic acids is 5. The van der Waals surface area contributed by atoms with Crippen molar-refractivity contribution < 1.29 is 52.4 Å². The van der Waals surface area contributed by atoms with Gasteiger partial charge in [-0.2, -0.15) is 0 Å². The molecule has 0 aliphatic carbocycles. The van der Waals surface area contributed by atoms with E-state index in [9.17, 15) is 24.0 Å². The summed E-state index contributed by atoms with van der Waals surface area (Å²) in [4.78, 5) is 69.9. The Morgan fingerprint density at radius 2 is 1.35 bits per heavy atom. The van der Waals surface area contributed by atoms with Gasteiger partial charge in [0, 0.05) is 36.3 Å². The first-order chi connectivity index (χ1) is 31.7. The van der Waals surface area contributed by atoms with Crippen LogP contribution in [0.25, 0.3) is 0 Å². The van der Waals surface area contributed by atoms with Gasteiger partial charge >= 0.3 is 23.9 Å². The van der Waals surface area contributed by atoms with Gasteiger partial charge in [0.1, 0.15) is 40.4 Å². The van der Waals surface area contributed by atoms with E-state index < -0.39 is 59.3 Å². The summed E-state index contributed by atoms with van der Waals surface area (Å²) < 4.78 is 34.2. The number of hydrogen-bond acceptors (Lipinski definition) is 12. The summed E-state index contributed by atoms with van der Waals surface area (Å²) in [5.74, 6) is -3.35. The Kier molecular flexibility index (Phi) is 21.5. The monoisotopic (exact) mass is 904 g/mol. The second-order valence-electron chi connectivity index (χ2n) is 17.1. The van der Waals surface area contributed by atoms with Gasteiger partial charge in [-0.1, -0.05) is 112 Å². The third-order valence-electron chi connectivity index (χ3n) is 9.64. The molecule has 2 heterocycles. The molecule has 1 amide bonds. The van der Waals surface area contributed by atoms with Crippen LogP contribution in [0.2, 0.25) is 0 Å². The topological polar surface area (TPSA) is 169 Å². The Morgan fingerprint density at radius 1 is 0.727 bits per heavy atom. The van der Waals surface area contributed by atoms with Crippen LogP contribution in [-0.4, -0.2) is 65.9 Å². The summed E-state index contributed by atoms with van der Waals surface area (Å²) in [5.41, 5.74) is -1.03. The Bertz CT molecular complexity index is 2200. The van der Waals surface area contributed by atoms with Crippen LogP contribution in [0.15, 0.2) is 134 Å². The number of epoxide rings is 1. The number of carbonyl (C=O) groups is 5. The minimum absolute atomic E-state index is 0.0278. The maximum atomic E-state index is 13.8. The molecule has 1 aliphatic heterocycles. The molecule has 3 aromatic rings. The number of pyridine rings is 1. The predicted molar refractivity (Wildman–Crippen MR) is 251 cm³/mol. The molecule has 0 saturated carbocycles. The van der Waals surface area contributed by atoms with E-state index in [1.54, 1.807) is 77.3 Å².